The van der Waals surface area contributed by atoms with Crippen molar-refractivity contribution >= 4 is 11.6 Å². The molecule has 0 aliphatic rings. The van der Waals surface area contributed by atoms with Crippen molar-refractivity contribution in [3.05, 3.63) is 95.2 Å². The topological polar surface area (TPSA) is 64.1 Å². The van der Waals surface area contributed by atoms with Crippen molar-refractivity contribution < 1.29 is 8.83 Å². The molecule has 4 rings (SSSR count). The van der Waals surface area contributed by atoms with E-state index >= 15 is 0 Å². The summed E-state index contributed by atoms with van der Waals surface area (Å²) in [7, 11) is 0. The van der Waals surface area contributed by atoms with Crippen LogP contribution in [0, 0.1) is 0 Å². The Bertz CT molecular complexity index is 999. The third-order valence-corrected chi connectivity index (χ3v) is 4.49. The Kier molecular flexibility index (Phi) is 5.05. The van der Waals surface area contributed by atoms with E-state index in [1.165, 1.54) is 0 Å². The highest BCUT2D eigenvalue weighted by molar-refractivity contribution is 6.30. The first-order valence-corrected chi connectivity index (χ1v) is 9.02. The van der Waals surface area contributed by atoms with Crippen molar-refractivity contribution in [1.82, 2.24) is 15.5 Å². The van der Waals surface area contributed by atoms with Gasteiger partial charge in [0.1, 0.15) is 5.76 Å². The smallest absolute Gasteiger partial charge is 0.247 e. The van der Waals surface area contributed by atoms with Crippen LogP contribution in [-0.2, 0) is 0 Å². The SMILES string of the molecule is C[C@@H](N[C@H](c1ccccc1)c1ccco1)c1nnc(-c2cccc(Cl)c2)o1. The second kappa shape index (κ2) is 7.78. The number of furan rings is 1. The van der Waals surface area contributed by atoms with Gasteiger partial charge in [0.25, 0.3) is 0 Å². The number of nitrogens with zero attached hydrogens (tertiary/aromatic N) is 2. The molecule has 27 heavy (non-hydrogen) atoms. The Balaban J connectivity index is 1.58. The Labute approximate surface area is 162 Å². The normalized spacial score (nSPS) is 13.4. The largest absolute Gasteiger partial charge is 0.467 e. The standard InChI is InChI=1S/C21H18ClN3O2/c1-14(20-24-25-21(27-20)16-9-5-10-17(22)13-16)23-19(18-11-6-12-26-18)15-7-3-2-4-8-15/h2-14,19,23H,1H3/t14-,19-/m1/s1. The number of aromatic nitrogens is 2. The highest BCUT2D eigenvalue weighted by Crippen LogP contribution is 2.28. The zero-order valence-electron chi connectivity index (χ0n) is 14.7. The van der Waals surface area contributed by atoms with Crippen molar-refractivity contribution in [2.45, 2.75) is 19.0 Å². The quantitative estimate of drug-likeness (QED) is 0.484. The van der Waals surface area contributed by atoms with E-state index < -0.39 is 0 Å². The van der Waals surface area contributed by atoms with Crippen LogP contribution in [0.3, 0.4) is 0 Å². The fourth-order valence-electron chi connectivity index (χ4n) is 2.91. The summed E-state index contributed by atoms with van der Waals surface area (Å²) in [6, 6.07) is 21.0. The van der Waals surface area contributed by atoms with Gasteiger partial charge in [0.15, 0.2) is 0 Å². The molecule has 0 saturated carbocycles. The van der Waals surface area contributed by atoms with Crippen LogP contribution < -0.4 is 5.32 Å². The molecule has 0 amide bonds. The average molecular weight is 380 g/mol. The summed E-state index contributed by atoms with van der Waals surface area (Å²) in [5.74, 6) is 1.76. The first-order chi connectivity index (χ1) is 13.2. The second-order valence-corrected chi connectivity index (χ2v) is 6.64. The summed E-state index contributed by atoms with van der Waals surface area (Å²) in [6.07, 6.45) is 1.67. The minimum atomic E-state index is -0.180. The van der Waals surface area contributed by atoms with E-state index in [0.29, 0.717) is 16.8 Å². The van der Waals surface area contributed by atoms with Crippen molar-refractivity contribution in [2.75, 3.05) is 0 Å². The first kappa shape index (κ1) is 17.5. The van der Waals surface area contributed by atoms with Crippen molar-refractivity contribution in [3.63, 3.8) is 0 Å². The molecule has 0 aliphatic carbocycles. The summed E-state index contributed by atoms with van der Waals surface area (Å²) < 4.78 is 11.5. The molecule has 2 atom stereocenters. The molecule has 136 valence electrons. The fourth-order valence-corrected chi connectivity index (χ4v) is 3.10. The van der Waals surface area contributed by atoms with E-state index in [4.69, 9.17) is 20.4 Å². The molecule has 0 fully saturated rings. The Morgan fingerprint density at radius 1 is 0.963 bits per heavy atom. The molecule has 5 nitrogen and oxygen atoms in total. The summed E-state index contributed by atoms with van der Waals surface area (Å²) >= 11 is 6.05. The first-order valence-electron chi connectivity index (χ1n) is 8.64. The highest BCUT2D eigenvalue weighted by atomic mass is 35.5. The lowest BCUT2D eigenvalue weighted by molar-refractivity contribution is 0.372. The maximum absolute atomic E-state index is 6.05. The van der Waals surface area contributed by atoms with Crippen LogP contribution in [0.4, 0.5) is 0 Å². The average Bonchev–Trinajstić information content (AvgIpc) is 3.39. The molecule has 4 aromatic rings. The van der Waals surface area contributed by atoms with Crippen molar-refractivity contribution in [1.29, 1.82) is 0 Å². The molecule has 6 heteroatoms. The highest BCUT2D eigenvalue weighted by Gasteiger charge is 2.23. The van der Waals surface area contributed by atoms with E-state index in [1.54, 1.807) is 18.4 Å². The molecule has 0 spiro atoms. The van der Waals surface area contributed by atoms with Crippen LogP contribution in [0.1, 0.15) is 36.2 Å². The molecule has 1 N–H and O–H groups in total. The van der Waals surface area contributed by atoms with Gasteiger partial charge in [0.2, 0.25) is 11.8 Å². The molecular weight excluding hydrogens is 362 g/mol. The molecule has 0 saturated heterocycles. The van der Waals surface area contributed by atoms with Gasteiger partial charge in [-0.1, -0.05) is 48.0 Å². The van der Waals surface area contributed by atoms with E-state index in [2.05, 4.69) is 27.6 Å². The molecule has 0 aliphatic heterocycles. The van der Waals surface area contributed by atoms with Crippen LogP contribution in [0.5, 0.6) is 0 Å². The van der Waals surface area contributed by atoms with Gasteiger partial charge in [0.05, 0.1) is 18.3 Å². The number of halogens is 1. The lowest BCUT2D eigenvalue weighted by Gasteiger charge is -2.20. The van der Waals surface area contributed by atoms with Crippen LogP contribution >= 0.6 is 11.6 Å². The van der Waals surface area contributed by atoms with E-state index in [9.17, 15) is 0 Å². The zero-order chi connectivity index (χ0) is 18.6. The Hall–Kier alpha value is -2.89. The summed E-state index contributed by atoms with van der Waals surface area (Å²) in [5, 5.41) is 12.5. The van der Waals surface area contributed by atoms with Crippen molar-refractivity contribution in [2.24, 2.45) is 0 Å². The summed E-state index contributed by atoms with van der Waals surface area (Å²) in [4.78, 5) is 0. The van der Waals surface area contributed by atoms with Gasteiger partial charge in [-0.3, -0.25) is 5.32 Å². The molecule has 0 radical (unpaired) electrons. The maximum Gasteiger partial charge on any atom is 0.247 e. The molecule has 2 aromatic carbocycles. The van der Waals surface area contributed by atoms with Gasteiger partial charge >= 0.3 is 0 Å². The Morgan fingerprint density at radius 3 is 2.56 bits per heavy atom. The van der Waals surface area contributed by atoms with E-state index in [-0.39, 0.29) is 12.1 Å². The number of rotatable bonds is 6. The van der Waals surface area contributed by atoms with Gasteiger partial charge < -0.3 is 8.83 Å². The third-order valence-electron chi connectivity index (χ3n) is 4.26. The number of hydrogen-bond donors (Lipinski definition) is 1. The number of benzene rings is 2. The maximum atomic E-state index is 6.05. The minimum Gasteiger partial charge on any atom is -0.467 e. The monoisotopic (exact) mass is 379 g/mol. The fraction of sp³-hybridized carbons (Fsp3) is 0.143. The summed E-state index contributed by atoms with van der Waals surface area (Å²) in [5.41, 5.74) is 1.88. The zero-order valence-corrected chi connectivity index (χ0v) is 15.4. The predicted octanol–water partition coefficient (Wildman–Crippen LogP) is 5.42. The van der Waals surface area contributed by atoms with Gasteiger partial charge in [-0.25, -0.2) is 0 Å². The number of nitrogens with one attached hydrogen (secondary N) is 1. The number of hydrogen-bond acceptors (Lipinski definition) is 5. The molecule has 0 bridgehead atoms. The van der Waals surface area contributed by atoms with Gasteiger partial charge in [0, 0.05) is 10.6 Å². The van der Waals surface area contributed by atoms with Crippen LogP contribution in [0.25, 0.3) is 11.5 Å². The third kappa shape index (κ3) is 3.94. The molecule has 2 heterocycles. The van der Waals surface area contributed by atoms with E-state index in [1.807, 2.05) is 49.4 Å². The molecular formula is C21H18ClN3O2. The Morgan fingerprint density at radius 2 is 1.81 bits per heavy atom. The van der Waals surface area contributed by atoms with Crippen LogP contribution in [-0.4, -0.2) is 10.2 Å². The van der Waals surface area contributed by atoms with Crippen LogP contribution in [0.15, 0.2) is 81.8 Å². The van der Waals surface area contributed by atoms with Gasteiger partial charge in [-0.05, 0) is 42.8 Å². The minimum absolute atomic E-state index is 0.127. The predicted molar refractivity (Wildman–Crippen MR) is 103 cm³/mol. The van der Waals surface area contributed by atoms with Crippen molar-refractivity contribution in [3.8, 4) is 11.5 Å². The lowest BCUT2D eigenvalue weighted by Crippen LogP contribution is -2.25. The summed E-state index contributed by atoms with van der Waals surface area (Å²) in [6.45, 7) is 1.98. The van der Waals surface area contributed by atoms with Gasteiger partial charge in [-0.15, -0.1) is 10.2 Å². The van der Waals surface area contributed by atoms with Gasteiger partial charge in [-0.2, -0.15) is 0 Å². The molecule has 2 aromatic heterocycles. The van der Waals surface area contributed by atoms with Crippen LogP contribution in [0.2, 0.25) is 5.02 Å². The second-order valence-electron chi connectivity index (χ2n) is 6.20. The lowest BCUT2D eigenvalue weighted by atomic mass is 10.0. The van der Waals surface area contributed by atoms with E-state index in [0.717, 1.165) is 16.9 Å². The molecule has 0 unspecified atom stereocenters.